The summed E-state index contributed by atoms with van der Waals surface area (Å²) < 4.78 is 0. The first-order valence-corrected chi connectivity index (χ1v) is 13.7. The minimum absolute atomic E-state index is 0.138. The van der Waals surface area contributed by atoms with Gasteiger partial charge in [0.1, 0.15) is 0 Å². The van der Waals surface area contributed by atoms with Crippen LogP contribution in [0.1, 0.15) is 98.3 Å². The first-order chi connectivity index (χ1) is 12.0. The molecular weight excluding hydrogens is 329 g/mol. The summed E-state index contributed by atoms with van der Waals surface area (Å²) in [7, 11) is -0.879. The Balaban J connectivity index is 0.000000593. The fraction of sp³-hybridized carbons (Fsp3) is 0.905. The Morgan fingerprint density at radius 1 is 0.680 bits per heavy atom. The van der Waals surface area contributed by atoms with Crippen LogP contribution in [0.3, 0.4) is 0 Å². The second kappa shape index (κ2) is 15.8. The van der Waals surface area contributed by atoms with E-state index in [2.05, 4.69) is 33.0 Å². The van der Waals surface area contributed by atoms with Gasteiger partial charge in [-0.15, -0.1) is 0 Å². The number of nitrogens with one attached hydrogen (secondary N) is 1. The molecule has 0 aromatic carbocycles. The molecule has 1 aliphatic heterocycles. The van der Waals surface area contributed by atoms with E-state index in [9.17, 15) is 9.59 Å². The maximum Gasteiger partial charge on any atom is 0.226 e. The van der Waals surface area contributed by atoms with E-state index < -0.39 is 7.26 Å². The standard InChI is InChI=1S/C16H37P.C5H7NO2/c1-5-9-13-17(14-10-6-2,15-11-7-3)16-12-8-4;7-4-2-1-3-5(8)6-4/h17H,5-16H2,1-4H3;1-3H2,(H,6,7,8). The number of amides is 2. The summed E-state index contributed by atoms with van der Waals surface area (Å²) in [6.07, 6.45) is 19.9. The fourth-order valence-electron chi connectivity index (χ4n) is 3.65. The second-order valence-corrected chi connectivity index (χ2v) is 12.7. The number of piperidine rings is 1. The van der Waals surface area contributed by atoms with Crippen LogP contribution in [0.25, 0.3) is 0 Å². The molecule has 2 amide bonds. The molecule has 0 radical (unpaired) electrons. The smallest absolute Gasteiger partial charge is 0.226 e. The van der Waals surface area contributed by atoms with Crippen molar-refractivity contribution in [3.63, 3.8) is 0 Å². The van der Waals surface area contributed by atoms with Crippen molar-refractivity contribution in [1.82, 2.24) is 5.32 Å². The van der Waals surface area contributed by atoms with Crippen molar-refractivity contribution in [3.05, 3.63) is 0 Å². The van der Waals surface area contributed by atoms with Gasteiger partial charge in [-0.1, -0.05) is 0 Å². The Morgan fingerprint density at radius 2 is 1.00 bits per heavy atom. The molecule has 0 atom stereocenters. The predicted octanol–water partition coefficient (Wildman–Crippen LogP) is 5.75. The van der Waals surface area contributed by atoms with Gasteiger partial charge in [-0.05, 0) is 6.42 Å². The minimum Gasteiger partial charge on any atom is -0.296 e. The average Bonchev–Trinajstić information content (AvgIpc) is 2.61. The van der Waals surface area contributed by atoms with E-state index in [1.807, 2.05) is 0 Å². The van der Waals surface area contributed by atoms with Crippen molar-refractivity contribution in [3.8, 4) is 0 Å². The van der Waals surface area contributed by atoms with Gasteiger partial charge in [0, 0.05) is 12.8 Å². The molecule has 1 fully saturated rings. The zero-order chi connectivity index (χ0) is 19.0. The maximum atomic E-state index is 10.3. The Hall–Kier alpha value is -0.430. The third kappa shape index (κ3) is 12.5. The molecule has 0 aromatic rings. The predicted molar refractivity (Wildman–Crippen MR) is 114 cm³/mol. The zero-order valence-electron chi connectivity index (χ0n) is 17.4. The number of carbonyl (C=O) groups is 2. The summed E-state index contributed by atoms with van der Waals surface area (Å²) in [6, 6.07) is 0. The van der Waals surface area contributed by atoms with Crippen LogP contribution < -0.4 is 5.32 Å². The van der Waals surface area contributed by atoms with Gasteiger partial charge >= 0.3 is 111 Å². The van der Waals surface area contributed by atoms with Crippen LogP contribution in [-0.2, 0) is 9.59 Å². The summed E-state index contributed by atoms with van der Waals surface area (Å²) in [6.45, 7) is 9.44. The molecule has 0 aromatic heterocycles. The van der Waals surface area contributed by atoms with Crippen molar-refractivity contribution in [2.45, 2.75) is 98.3 Å². The number of rotatable bonds is 12. The third-order valence-electron chi connectivity index (χ3n) is 5.33. The molecular formula is C21H44NO2P. The summed E-state index contributed by atoms with van der Waals surface area (Å²) in [5.41, 5.74) is 0. The Morgan fingerprint density at radius 3 is 1.20 bits per heavy atom. The Kier molecular flexibility index (Phi) is 15.5. The van der Waals surface area contributed by atoms with E-state index in [0.717, 1.165) is 0 Å². The summed E-state index contributed by atoms with van der Waals surface area (Å²) >= 11 is 0. The molecule has 3 nitrogen and oxygen atoms in total. The van der Waals surface area contributed by atoms with Gasteiger partial charge in [0.05, 0.1) is 0 Å². The van der Waals surface area contributed by atoms with E-state index in [1.165, 1.54) is 51.4 Å². The number of hydrogen-bond acceptors (Lipinski definition) is 2. The van der Waals surface area contributed by atoms with E-state index >= 15 is 0 Å². The molecule has 1 N–H and O–H groups in total. The monoisotopic (exact) mass is 373 g/mol. The van der Waals surface area contributed by atoms with Crippen molar-refractivity contribution in [2.24, 2.45) is 0 Å². The van der Waals surface area contributed by atoms with Gasteiger partial charge in [0.15, 0.2) is 0 Å². The normalized spacial score (nSPS) is 15.4. The first kappa shape index (κ1) is 24.6. The number of imide groups is 1. The molecule has 0 aliphatic carbocycles. The molecule has 0 bridgehead atoms. The fourth-order valence-corrected chi connectivity index (χ4v) is 9.56. The molecule has 0 unspecified atom stereocenters. The van der Waals surface area contributed by atoms with Crippen LogP contribution in [0.5, 0.6) is 0 Å². The molecule has 1 heterocycles. The number of hydrogen-bond donors (Lipinski definition) is 1. The van der Waals surface area contributed by atoms with Crippen molar-refractivity contribution >= 4 is 19.1 Å². The van der Waals surface area contributed by atoms with E-state index in [-0.39, 0.29) is 11.8 Å². The number of unbranched alkanes of at least 4 members (excludes halogenated alkanes) is 4. The van der Waals surface area contributed by atoms with Crippen LogP contribution in [0, 0.1) is 0 Å². The molecule has 1 saturated heterocycles. The van der Waals surface area contributed by atoms with E-state index in [0.29, 0.717) is 19.3 Å². The van der Waals surface area contributed by atoms with Crippen molar-refractivity contribution in [2.75, 3.05) is 24.6 Å². The third-order valence-corrected chi connectivity index (χ3v) is 11.0. The molecule has 0 saturated carbocycles. The van der Waals surface area contributed by atoms with Crippen LogP contribution >= 0.6 is 7.26 Å². The van der Waals surface area contributed by atoms with Crippen LogP contribution in [-0.4, -0.2) is 36.5 Å². The topological polar surface area (TPSA) is 46.2 Å². The van der Waals surface area contributed by atoms with E-state index in [4.69, 9.17) is 0 Å². The average molecular weight is 374 g/mol. The molecule has 150 valence electrons. The largest absolute Gasteiger partial charge is 0.296 e. The number of carbonyl (C=O) groups excluding carboxylic acids is 2. The molecule has 1 rings (SSSR count). The molecule has 25 heavy (non-hydrogen) atoms. The SMILES string of the molecule is CCCC[PH](CCCC)(CCCC)CCCC.O=C1CCCC(=O)N1. The van der Waals surface area contributed by atoms with Crippen LogP contribution in [0.4, 0.5) is 0 Å². The molecule has 1 aliphatic rings. The molecule has 4 heteroatoms. The van der Waals surface area contributed by atoms with Gasteiger partial charge in [0.2, 0.25) is 11.8 Å². The van der Waals surface area contributed by atoms with Crippen molar-refractivity contribution < 1.29 is 9.59 Å². The summed E-state index contributed by atoms with van der Waals surface area (Å²) in [5.74, 6) is -0.275. The quantitative estimate of drug-likeness (QED) is 0.350. The van der Waals surface area contributed by atoms with Gasteiger partial charge in [-0.3, -0.25) is 14.9 Å². The summed E-state index contributed by atoms with van der Waals surface area (Å²) in [5, 5.41) is 2.20. The summed E-state index contributed by atoms with van der Waals surface area (Å²) in [4.78, 5) is 20.7. The van der Waals surface area contributed by atoms with Gasteiger partial charge in [-0.2, -0.15) is 0 Å². The first-order valence-electron chi connectivity index (χ1n) is 10.9. The Bertz CT molecular complexity index is 306. The van der Waals surface area contributed by atoms with E-state index in [1.54, 1.807) is 24.6 Å². The van der Waals surface area contributed by atoms with Gasteiger partial charge < -0.3 is 0 Å². The van der Waals surface area contributed by atoms with Crippen LogP contribution in [0.15, 0.2) is 0 Å². The minimum atomic E-state index is -0.879. The van der Waals surface area contributed by atoms with Crippen LogP contribution in [0.2, 0.25) is 0 Å². The zero-order valence-corrected chi connectivity index (χ0v) is 18.4. The van der Waals surface area contributed by atoms with Gasteiger partial charge in [0.25, 0.3) is 0 Å². The molecule has 0 spiro atoms. The van der Waals surface area contributed by atoms with Crippen molar-refractivity contribution in [1.29, 1.82) is 0 Å². The second-order valence-electron chi connectivity index (χ2n) is 7.74. The van der Waals surface area contributed by atoms with Gasteiger partial charge in [-0.25, -0.2) is 0 Å². The maximum absolute atomic E-state index is 10.3. The Labute approximate surface area is 157 Å².